The molecule has 0 aliphatic carbocycles. The summed E-state index contributed by atoms with van der Waals surface area (Å²) < 4.78 is 7.58. The van der Waals surface area contributed by atoms with E-state index in [0.717, 1.165) is 21.9 Å². The molecule has 0 bridgehead atoms. The molecular formula is C29H26N8O4S2. The Morgan fingerprint density at radius 3 is 2.56 bits per heavy atom. The first-order valence-corrected chi connectivity index (χ1v) is 15.2. The third-order valence-electron chi connectivity index (χ3n) is 6.97. The van der Waals surface area contributed by atoms with Crippen LogP contribution in [0.25, 0.3) is 17.1 Å². The molecule has 1 amide bonds. The number of carbonyl (C=O) groups excluding carboxylic acids is 1. The lowest BCUT2D eigenvalue weighted by atomic mass is 10.2. The monoisotopic (exact) mass is 614 g/mol. The molecule has 1 fully saturated rings. The average molecular weight is 615 g/mol. The van der Waals surface area contributed by atoms with Crippen LogP contribution in [0.1, 0.15) is 15.5 Å². The van der Waals surface area contributed by atoms with Crippen LogP contribution < -0.4 is 9.64 Å². The number of para-hydroxylation sites is 2. The average Bonchev–Trinajstić information content (AvgIpc) is 3.71. The summed E-state index contributed by atoms with van der Waals surface area (Å²) in [7, 11) is 1.63. The minimum absolute atomic E-state index is 0.0593. The van der Waals surface area contributed by atoms with E-state index < -0.39 is 4.92 Å². The predicted octanol–water partition coefficient (Wildman–Crippen LogP) is 4.96. The Morgan fingerprint density at radius 1 is 1.05 bits per heavy atom. The van der Waals surface area contributed by atoms with E-state index >= 15 is 0 Å². The number of nitro groups is 1. The van der Waals surface area contributed by atoms with Gasteiger partial charge in [-0.25, -0.2) is 4.98 Å². The van der Waals surface area contributed by atoms with Gasteiger partial charge in [0, 0.05) is 67.3 Å². The van der Waals surface area contributed by atoms with Gasteiger partial charge in [0.05, 0.1) is 23.5 Å². The highest BCUT2D eigenvalue weighted by atomic mass is 32.2. The lowest BCUT2D eigenvalue weighted by Gasteiger charge is -2.35. The maximum Gasteiger partial charge on any atom is 0.273 e. The van der Waals surface area contributed by atoms with E-state index in [1.807, 2.05) is 41.0 Å². The number of nitrogens with zero attached hydrogens (tertiary/aromatic N) is 8. The van der Waals surface area contributed by atoms with Crippen LogP contribution in [0.5, 0.6) is 5.75 Å². The zero-order chi connectivity index (χ0) is 29.8. The molecule has 1 saturated heterocycles. The number of hydrogen-bond donors (Lipinski definition) is 0. The van der Waals surface area contributed by atoms with Crippen molar-refractivity contribution in [1.29, 1.82) is 0 Å². The number of anilines is 1. The zero-order valence-corrected chi connectivity index (χ0v) is 24.7. The number of thioether (sulfide) groups is 1. The Kier molecular flexibility index (Phi) is 8.29. The number of hydrogen-bond acceptors (Lipinski definition) is 11. The molecule has 0 atom stereocenters. The van der Waals surface area contributed by atoms with Gasteiger partial charge in [-0.1, -0.05) is 23.9 Å². The van der Waals surface area contributed by atoms with Crippen LogP contribution in [-0.2, 0) is 5.75 Å². The fourth-order valence-corrected chi connectivity index (χ4v) is 6.52. The quantitative estimate of drug-likeness (QED) is 0.127. The number of amides is 1. The van der Waals surface area contributed by atoms with E-state index in [4.69, 9.17) is 4.74 Å². The van der Waals surface area contributed by atoms with Crippen LogP contribution >= 0.6 is 23.1 Å². The molecule has 218 valence electrons. The largest absolute Gasteiger partial charge is 0.495 e. The van der Waals surface area contributed by atoms with Crippen molar-refractivity contribution in [3.8, 4) is 22.8 Å². The van der Waals surface area contributed by atoms with Gasteiger partial charge in [-0.2, -0.15) is 0 Å². The van der Waals surface area contributed by atoms with Crippen molar-refractivity contribution in [3.05, 3.63) is 99.3 Å². The molecule has 1 aliphatic rings. The SMILES string of the molecule is COc1ccccc1-n1c(SCc2nc(C(=O)N3CCN(c4ccc([N+](=O)[O-])cc4)CC3)cs2)nnc1-c1cccnc1. The second-order valence-corrected chi connectivity index (χ2v) is 11.4. The molecule has 4 heterocycles. The molecule has 14 heteroatoms. The van der Waals surface area contributed by atoms with Gasteiger partial charge in [0.25, 0.3) is 11.6 Å². The summed E-state index contributed by atoms with van der Waals surface area (Å²) in [6.45, 7) is 2.34. The fraction of sp³-hybridized carbons (Fsp3) is 0.207. The standard InChI is InChI=1S/C29H26N8O4S2/c1-41-25-7-3-2-6-24(25)36-27(20-5-4-12-30-17-20)32-33-29(36)43-19-26-31-23(18-42-26)28(38)35-15-13-34(14-16-35)21-8-10-22(11-9-21)37(39)40/h2-12,17-18H,13-16,19H2,1H3. The second-order valence-electron chi connectivity index (χ2n) is 9.52. The van der Waals surface area contributed by atoms with Crippen LogP contribution in [0, 0.1) is 10.1 Å². The molecule has 3 aromatic heterocycles. The first-order valence-electron chi connectivity index (χ1n) is 13.4. The molecule has 6 rings (SSSR count). The van der Waals surface area contributed by atoms with E-state index in [1.165, 1.54) is 35.2 Å². The second kappa shape index (κ2) is 12.6. The van der Waals surface area contributed by atoms with Crippen LogP contribution in [0.4, 0.5) is 11.4 Å². The van der Waals surface area contributed by atoms with Gasteiger partial charge in [0.15, 0.2) is 11.0 Å². The lowest BCUT2D eigenvalue weighted by Crippen LogP contribution is -2.48. The molecule has 0 N–H and O–H groups in total. The number of piperazine rings is 1. The highest BCUT2D eigenvalue weighted by Crippen LogP contribution is 2.34. The number of carbonyl (C=O) groups is 1. The summed E-state index contributed by atoms with van der Waals surface area (Å²) in [4.78, 5) is 36.6. The summed E-state index contributed by atoms with van der Waals surface area (Å²) in [5.41, 5.74) is 3.01. The maximum atomic E-state index is 13.2. The van der Waals surface area contributed by atoms with Crippen LogP contribution in [-0.4, -0.2) is 73.8 Å². The zero-order valence-electron chi connectivity index (χ0n) is 23.1. The van der Waals surface area contributed by atoms with Crippen molar-refractivity contribution in [1.82, 2.24) is 29.6 Å². The smallest absolute Gasteiger partial charge is 0.273 e. The molecule has 2 aromatic carbocycles. The van der Waals surface area contributed by atoms with E-state index in [9.17, 15) is 14.9 Å². The Morgan fingerprint density at radius 2 is 1.84 bits per heavy atom. The van der Waals surface area contributed by atoms with Gasteiger partial charge in [0.2, 0.25) is 0 Å². The number of pyridine rings is 1. The summed E-state index contributed by atoms with van der Waals surface area (Å²) >= 11 is 2.92. The third kappa shape index (κ3) is 6.05. The molecule has 1 aliphatic heterocycles. The molecule has 12 nitrogen and oxygen atoms in total. The van der Waals surface area contributed by atoms with Gasteiger partial charge < -0.3 is 14.5 Å². The summed E-state index contributed by atoms with van der Waals surface area (Å²) in [5.74, 6) is 1.73. The van der Waals surface area contributed by atoms with E-state index in [-0.39, 0.29) is 11.6 Å². The van der Waals surface area contributed by atoms with Crippen molar-refractivity contribution in [2.75, 3.05) is 38.2 Å². The number of non-ortho nitro benzene ring substituents is 1. The number of benzene rings is 2. The van der Waals surface area contributed by atoms with E-state index in [0.29, 0.717) is 54.4 Å². The first-order chi connectivity index (χ1) is 21.0. The molecule has 0 saturated carbocycles. The maximum absolute atomic E-state index is 13.2. The van der Waals surface area contributed by atoms with Crippen molar-refractivity contribution < 1.29 is 14.5 Å². The summed E-state index contributed by atoms with van der Waals surface area (Å²) in [6.07, 6.45) is 3.46. The number of ether oxygens (including phenoxy) is 1. The minimum atomic E-state index is -0.411. The van der Waals surface area contributed by atoms with Crippen molar-refractivity contribution in [3.63, 3.8) is 0 Å². The Balaban J connectivity index is 1.13. The van der Waals surface area contributed by atoms with Gasteiger partial charge in [-0.3, -0.25) is 24.5 Å². The number of nitro benzene ring substituents is 1. The van der Waals surface area contributed by atoms with Crippen molar-refractivity contribution in [2.45, 2.75) is 10.9 Å². The van der Waals surface area contributed by atoms with Crippen molar-refractivity contribution in [2.24, 2.45) is 0 Å². The van der Waals surface area contributed by atoms with E-state index in [1.54, 1.807) is 41.9 Å². The topological polar surface area (TPSA) is 132 Å². The highest BCUT2D eigenvalue weighted by molar-refractivity contribution is 7.98. The highest BCUT2D eigenvalue weighted by Gasteiger charge is 2.25. The third-order valence-corrected chi connectivity index (χ3v) is 8.94. The molecule has 43 heavy (non-hydrogen) atoms. The summed E-state index contributed by atoms with van der Waals surface area (Å²) in [5, 5.41) is 23.1. The van der Waals surface area contributed by atoms with Gasteiger partial charge in [-0.15, -0.1) is 21.5 Å². The predicted molar refractivity (Wildman–Crippen MR) is 164 cm³/mol. The fourth-order valence-electron chi connectivity index (χ4n) is 4.79. The van der Waals surface area contributed by atoms with Crippen molar-refractivity contribution >= 4 is 40.4 Å². The normalized spacial score (nSPS) is 13.2. The van der Waals surface area contributed by atoms with Gasteiger partial charge in [0.1, 0.15) is 16.5 Å². The van der Waals surface area contributed by atoms with Crippen LogP contribution in [0.2, 0.25) is 0 Å². The lowest BCUT2D eigenvalue weighted by molar-refractivity contribution is -0.384. The Bertz CT molecular complexity index is 1730. The van der Waals surface area contributed by atoms with Crippen LogP contribution in [0.15, 0.2) is 83.6 Å². The van der Waals surface area contributed by atoms with Gasteiger partial charge in [-0.05, 0) is 36.4 Å². The molecule has 0 unspecified atom stereocenters. The van der Waals surface area contributed by atoms with Gasteiger partial charge >= 0.3 is 0 Å². The molecule has 0 spiro atoms. The van der Waals surface area contributed by atoms with Crippen LogP contribution in [0.3, 0.4) is 0 Å². The first kappa shape index (κ1) is 28.3. The number of methoxy groups -OCH3 is 1. The molecule has 5 aromatic rings. The molecular weight excluding hydrogens is 589 g/mol. The minimum Gasteiger partial charge on any atom is -0.495 e. The summed E-state index contributed by atoms with van der Waals surface area (Å²) in [6, 6.07) is 18.0. The Labute approximate surface area is 255 Å². The number of aromatic nitrogens is 5. The Hall–Kier alpha value is -4.82. The number of thiazole rings is 1. The molecule has 0 radical (unpaired) electrons. The van der Waals surface area contributed by atoms with E-state index in [2.05, 4.69) is 25.1 Å². The number of rotatable bonds is 9.